The van der Waals surface area contributed by atoms with Gasteiger partial charge in [0.2, 0.25) is 0 Å². The number of hydrogen-bond acceptors (Lipinski definition) is 6. The van der Waals surface area contributed by atoms with E-state index in [0.29, 0.717) is 5.56 Å². The molecule has 0 aliphatic rings. The molecule has 34 heavy (non-hydrogen) atoms. The van der Waals surface area contributed by atoms with E-state index in [1.165, 1.54) is 38.2 Å². The van der Waals surface area contributed by atoms with Crippen LogP contribution in [0.25, 0.3) is 0 Å². The second-order valence-electron chi connectivity index (χ2n) is 7.41. The minimum absolute atomic E-state index is 0.123. The van der Waals surface area contributed by atoms with Gasteiger partial charge < -0.3 is 26.8 Å². The monoisotopic (exact) mass is 474 g/mol. The summed E-state index contributed by atoms with van der Waals surface area (Å²) in [6.45, 7) is 2.96. The molecule has 1 aromatic carbocycles. The Morgan fingerprint density at radius 3 is 2.44 bits per heavy atom. The standard InChI is InChI=1S/C22H21F3N6O3/c1-10-16(24)7-14(9-27-10)29-20-15(19(26)32)8-17(25)21(31-20)30-18(11(2)28-22(33)34)12-4-3-5-13(23)6-12/h3-9,11,18,28H,1-2H3,(H2,26,32)(H,33,34)(H2,29,30,31)/t11-,18+/m0/s1. The summed E-state index contributed by atoms with van der Waals surface area (Å²) >= 11 is 0. The predicted molar refractivity (Wildman–Crippen MR) is 118 cm³/mol. The van der Waals surface area contributed by atoms with Crippen LogP contribution in [0.15, 0.2) is 42.6 Å². The maximum absolute atomic E-state index is 14.9. The Labute approximate surface area is 192 Å². The van der Waals surface area contributed by atoms with E-state index < -0.39 is 41.5 Å². The van der Waals surface area contributed by atoms with Gasteiger partial charge in [0.05, 0.1) is 35.2 Å². The molecular weight excluding hydrogens is 453 g/mol. The van der Waals surface area contributed by atoms with Gasteiger partial charge in [0, 0.05) is 6.07 Å². The van der Waals surface area contributed by atoms with Crippen molar-refractivity contribution < 1.29 is 27.9 Å². The van der Waals surface area contributed by atoms with Gasteiger partial charge in [-0.2, -0.15) is 0 Å². The number of rotatable bonds is 8. The molecule has 0 spiro atoms. The molecule has 9 nitrogen and oxygen atoms in total. The fourth-order valence-corrected chi connectivity index (χ4v) is 3.21. The van der Waals surface area contributed by atoms with Crippen molar-refractivity contribution in [2.45, 2.75) is 25.9 Å². The molecule has 0 saturated carbocycles. The number of nitrogens with one attached hydrogen (secondary N) is 3. The van der Waals surface area contributed by atoms with Crippen LogP contribution < -0.4 is 21.7 Å². The minimum Gasteiger partial charge on any atom is -0.465 e. The number of aromatic nitrogens is 2. The first kappa shape index (κ1) is 24.3. The largest absolute Gasteiger partial charge is 0.465 e. The fraction of sp³-hybridized carbons (Fsp3) is 0.182. The van der Waals surface area contributed by atoms with E-state index in [9.17, 15) is 22.8 Å². The second-order valence-corrected chi connectivity index (χ2v) is 7.41. The van der Waals surface area contributed by atoms with E-state index >= 15 is 0 Å². The first-order chi connectivity index (χ1) is 16.0. The van der Waals surface area contributed by atoms with Crippen LogP contribution in [-0.2, 0) is 0 Å². The summed E-state index contributed by atoms with van der Waals surface area (Å²) in [5.41, 5.74) is 5.60. The van der Waals surface area contributed by atoms with Gasteiger partial charge in [-0.3, -0.25) is 9.78 Å². The van der Waals surface area contributed by atoms with Crippen LogP contribution in [-0.4, -0.2) is 33.1 Å². The van der Waals surface area contributed by atoms with Gasteiger partial charge in [-0.1, -0.05) is 12.1 Å². The lowest BCUT2D eigenvalue weighted by Gasteiger charge is -2.26. The molecule has 2 atom stereocenters. The molecule has 0 aliphatic carbocycles. The van der Waals surface area contributed by atoms with E-state index in [0.717, 1.165) is 18.2 Å². The first-order valence-electron chi connectivity index (χ1n) is 9.96. The number of primary amides is 1. The molecule has 12 heteroatoms. The van der Waals surface area contributed by atoms with Gasteiger partial charge in [0.1, 0.15) is 17.5 Å². The lowest BCUT2D eigenvalue weighted by molar-refractivity contribution is 0.1000. The number of amides is 2. The quantitative estimate of drug-likeness (QED) is 0.334. The van der Waals surface area contributed by atoms with Crippen molar-refractivity contribution in [3.63, 3.8) is 0 Å². The van der Waals surface area contributed by atoms with Gasteiger partial charge in [0.15, 0.2) is 11.6 Å². The Kier molecular flexibility index (Phi) is 7.19. The Bertz CT molecular complexity index is 1240. The molecule has 3 rings (SSSR count). The van der Waals surface area contributed by atoms with Crippen LogP contribution in [0.4, 0.5) is 35.3 Å². The highest BCUT2D eigenvalue weighted by Crippen LogP contribution is 2.28. The molecule has 2 amide bonds. The summed E-state index contributed by atoms with van der Waals surface area (Å²) < 4.78 is 42.6. The van der Waals surface area contributed by atoms with Crippen LogP contribution in [0.5, 0.6) is 0 Å². The number of halogens is 3. The molecule has 0 saturated heterocycles. The van der Waals surface area contributed by atoms with Crippen LogP contribution in [0.1, 0.15) is 34.6 Å². The molecule has 2 aromatic heterocycles. The number of pyridine rings is 2. The van der Waals surface area contributed by atoms with Crippen LogP contribution in [0, 0.1) is 24.4 Å². The Morgan fingerprint density at radius 2 is 1.82 bits per heavy atom. The van der Waals surface area contributed by atoms with Crippen LogP contribution in [0.2, 0.25) is 0 Å². The van der Waals surface area contributed by atoms with Crippen molar-refractivity contribution in [1.82, 2.24) is 15.3 Å². The van der Waals surface area contributed by atoms with E-state index in [-0.39, 0.29) is 28.6 Å². The predicted octanol–water partition coefficient (Wildman–Crippen LogP) is 3.85. The number of hydrogen-bond donors (Lipinski definition) is 5. The minimum atomic E-state index is -1.34. The van der Waals surface area contributed by atoms with E-state index in [1.807, 2.05) is 0 Å². The second kappa shape index (κ2) is 10.1. The molecular formula is C22H21F3N6O3. The Balaban J connectivity index is 2.03. The van der Waals surface area contributed by atoms with Gasteiger partial charge in [-0.05, 0) is 37.6 Å². The molecule has 2 heterocycles. The number of anilines is 3. The van der Waals surface area contributed by atoms with E-state index in [2.05, 4.69) is 25.9 Å². The third-order valence-electron chi connectivity index (χ3n) is 4.88. The summed E-state index contributed by atoms with van der Waals surface area (Å²) in [4.78, 5) is 31.0. The fourth-order valence-electron chi connectivity index (χ4n) is 3.21. The number of benzene rings is 1. The number of nitrogens with two attached hydrogens (primary N) is 1. The highest BCUT2D eigenvalue weighted by atomic mass is 19.1. The summed E-state index contributed by atoms with van der Waals surface area (Å²) in [7, 11) is 0. The van der Waals surface area contributed by atoms with E-state index in [4.69, 9.17) is 10.8 Å². The maximum atomic E-state index is 14.9. The molecule has 0 fully saturated rings. The van der Waals surface area contributed by atoms with Crippen molar-refractivity contribution in [3.8, 4) is 0 Å². The van der Waals surface area contributed by atoms with Crippen molar-refractivity contribution >= 4 is 29.3 Å². The smallest absolute Gasteiger partial charge is 0.404 e. The van der Waals surface area contributed by atoms with Gasteiger partial charge >= 0.3 is 6.09 Å². The van der Waals surface area contributed by atoms with Crippen molar-refractivity contribution in [2.24, 2.45) is 5.73 Å². The zero-order valence-corrected chi connectivity index (χ0v) is 18.1. The molecule has 178 valence electrons. The van der Waals surface area contributed by atoms with Crippen molar-refractivity contribution in [3.05, 3.63) is 76.9 Å². The van der Waals surface area contributed by atoms with Crippen molar-refractivity contribution in [1.29, 1.82) is 0 Å². The molecule has 0 bridgehead atoms. The lowest BCUT2D eigenvalue weighted by Crippen LogP contribution is -2.39. The first-order valence-corrected chi connectivity index (χ1v) is 9.96. The molecule has 0 aliphatic heterocycles. The average Bonchev–Trinajstić information content (AvgIpc) is 2.75. The number of carboxylic acid groups (broad SMARTS) is 1. The third-order valence-corrected chi connectivity index (χ3v) is 4.88. The molecule has 3 aromatic rings. The summed E-state index contributed by atoms with van der Waals surface area (Å²) in [5, 5.41) is 16.8. The molecule has 6 N–H and O–H groups in total. The molecule has 0 unspecified atom stereocenters. The number of carbonyl (C=O) groups is 2. The SMILES string of the molecule is Cc1ncc(Nc2nc(N[C@@H](c3cccc(F)c3)[C@H](C)NC(=O)O)c(F)cc2C(N)=O)cc1F. The topological polar surface area (TPSA) is 142 Å². The zero-order valence-electron chi connectivity index (χ0n) is 18.1. The van der Waals surface area contributed by atoms with E-state index in [1.54, 1.807) is 0 Å². The summed E-state index contributed by atoms with van der Waals surface area (Å²) in [5.74, 6) is -3.76. The maximum Gasteiger partial charge on any atom is 0.404 e. The average molecular weight is 474 g/mol. The Morgan fingerprint density at radius 1 is 1.09 bits per heavy atom. The lowest BCUT2D eigenvalue weighted by atomic mass is 10.00. The van der Waals surface area contributed by atoms with Crippen LogP contribution >= 0.6 is 0 Å². The highest BCUT2D eigenvalue weighted by molar-refractivity contribution is 5.98. The van der Waals surface area contributed by atoms with Crippen molar-refractivity contribution in [2.75, 3.05) is 10.6 Å². The molecule has 0 radical (unpaired) electrons. The van der Waals surface area contributed by atoms with Gasteiger partial charge in [-0.15, -0.1) is 0 Å². The number of nitrogens with zero attached hydrogens (tertiary/aromatic N) is 2. The van der Waals surface area contributed by atoms with Gasteiger partial charge in [-0.25, -0.2) is 22.9 Å². The summed E-state index contributed by atoms with van der Waals surface area (Å²) in [6.07, 6.45) is -0.0557. The van der Waals surface area contributed by atoms with Gasteiger partial charge in [0.25, 0.3) is 5.91 Å². The zero-order chi connectivity index (χ0) is 25.0. The van der Waals surface area contributed by atoms with Crippen LogP contribution in [0.3, 0.4) is 0 Å². The summed E-state index contributed by atoms with van der Waals surface area (Å²) in [6, 6.07) is 5.42. The Hall–Kier alpha value is -4.35. The third kappa shape index (κ3) is 5.71. The normalized spacial score (nSPS) is 12.5. The highest BCUT2D eigenvalue weighted by Gasteiger charge is 2.25. The number of aryl methyl sites for hydroxylation is 1. The number of carbonyl (C=O) groups excluding carboxylic acids is 1.